The van der Waals surface area contributed by atoms with Crippen molar-refractivity contribution < 1.29 is 42.6 Å². The molecule has 0 unspecified atom stereocenters. The van der Waals surface area contributed by atoms with E-state index in [9.17, 15) is 0 Å². The van der Waals surface area contributed by atoms with Gasteiger partial charge in [-0.05, 0) is 20.5 Å². The summed E-state index contributed by atoms with van der Waals surface area (Å²) in [6, 6.07) is 0. The van der Waals surface area contributed by atoms with Crippen LogP contribution >= 0.6 is 0 Å². The van der Waals surface area contributed by atoms with E-state index in [4.69, 9.17) is 42.6 Å². The molecule has 0 aliphatic rings. The van der Waals surface area contributed by atoms with Crippen LogP contribution in [0.25, 0.3) is 0 Å². The van der Waals surface area contributed by atoms with Crippen LogP contribution in [0.3, 0.4) is 0 Å². The highest BCUT2D eigenvalue weighted by Gasteiger charge is 1.96. The van der Waals surface area contributed by atoms with Crippen LogP contribution in [0, 0.1) is 0 Å². The lowest BCUT2D eigenvalue weighted by molar-refractivity contribution is -0.0251. The Labute approximate surface area is 213 Å². The molecule has 0 amide bonds. The second kappa shape index (κ2) is 31.6. The van der Waals surface area contributed by atoms with E-state index >= 15 is 0 Å². The van der Waals surface area contributed by atoms with E-state index in [1.54, 1.807) is 0 Å². The molecule has 0 aromatic rings. The van der Waals surface area contributed by atoms with E-state index in [0.29, 0.717) is 106 Å². The van der Waals surface area contributed by atoms with Crippen LogP contribution in [0.1, 0.15) is 26.2 Å². The predicted octanol–water partition coefficient (Wildman–Crippen LogP) is 1.89. The Morgan fingerprint density at radius 3 is 0.857 bits per heavy atom. The van der Waals surface area contributed by atoms with Crippen LogP contribution in [0.15, 0.2) is 0 Å². The molecule has 10 heteroatoms. The van der Waals surface area contributed by atoms with Gasteiger partial charge in [0.15, 0.2) is 0 Å². The summed E-state index contributed by atoms with van der Waals surface area (Å²) in [6.07, 6.45) is 3.56. The summed E-state index contributed by atoms with van der Waals surface area (Å²) in [6.45, 7) is 13.7. The van der Waals surface area contributed by atoms with Gasteiger partial charge in [-0.25, -0.2) is 0 Å². The second-order valence-corrected chi connectivity index (χ2v) is 8.02. The van der Waals surface area contributed by atoms with Gasteiger partial charge < -0.3 is 47.5 Å². The molecular weight excluding hydrogens is 458 g/mol. The number of nitrogens with zero attached hydrogens (tertiary/aromatic N) is 1. The molecular formula is C25H53NO9. The van der Waals surface area contributed by atoms with Gasteiger partial charge in [-0.3, -0.25) is 0 Å². The van der Waals surface area contributed by atoms with E-state index in [0.717, 1.165) is 26.2 Å². The van der Waals surface area contributed by atoms with Crippen LogP contribution in [0.2, 0.25) is 0 Å². The molecule has 0 bridgehead atoms. The van der Waals surface area contributed by atoms with Gasteiger partial charge in [-0.1, -0.05) is 19.8 Å². The van der Waals surface area contributed by atoms with Crippen molar-refractivity contribution in [1.82, 2.24) is 4.90 Å². The first kappa shape index (κ1) is 34.6. The highest BCUT2D eigenvalue weighted by atomic mass is 16.6. The first-order valence-electron chi connectivity index (χ1n) is 13.1. The molecule has 0 rings (SSSR count). The van der Waals surface area contributed by atoms with E-state index in [2.05, 4.69) is 11.8 Å². The van der Waals surface area contributed by atoms with Crippen LogP contribution in [0.4, 0.5) is 0 Å². The van der Waals surface area contributed by atoms with Gasteiger partial charge in [0.2, 0.25) is 0 Å². The molecule has 0 fully saturated rings. The zero-order valence-electron chi connectivity index (χ0n) is 22.7. The second-order valence-electron chi connectivity index (χ2n) is 8.02. The molecule has 0 aliphatic carbocycles. The van der Waals surface area contributed by atoms with Crippen molar-refractivity contribution in [2.24, 2.45) is 0 Å². The monoisotopic (exact) mass is 511 g/mol. The van der Waals surface area contributed by atoms with E-state index in [-0.39, 0.29) is 0 Å². The minimum atomic E-state index is 0.538. The van der Waals surface area contributed by atoms with Crippen molar-refractivity contribution in [3.05, 3.63) is 0 Å². The van der Waals surface area contributed by atoms with Crippen molar-refractivity contribution in [2.75, 3.05) is 140 Å². The van der Waals surface area contributed by atoms with E-state index in [1.807, 2.05) is 14.1 Å². The molecule has 0 saturated heterocycles. The number of hydrogen-bond donors (Lipinski definition) is 0. The normalized spacial score (nSPS) is 11.7. The van der Waals surface area contributed by atoms with Gasteiger partial charge in [0.1, 0.15) is 0 Å². The molecule has 0 aliphatic heterocycles. The maximum absolute atomic E-state index is 5.47. The molecule has 35 heavy (non-hydrogen) atoms. The summed E-state index contributed by atoms with van der Waals surface area (Å²) in [5.74, 6) is 0. The van der Waals surface area contributed by atoms with E-state index in [1.165, 1.54) is 12.8 Å². The van der Waals surface area contributed by atoms with Gasteiger partial charge >= 0.3 is 0 Å². The molecule has 0 aromatic carbocycles. The standard InChI is InChI=1S/C25H53NO9/c1-4-5-6-8-27-10-12-29-14-16-31-18-20-33-22-24-35-25-23-34-21-19-32-17-15-30-13-11-28-9-7-26(2)3/h4-25H2,1-3H3. The fourth-order valence-electron chi connectivity index (χ4n) is 2.56. The van der Waals surface area contributed by atoms with Gasteiger partial charge in [0.25, 0.3) is 0 Å². The summed E-state index contributed by atoms with van der Waals surface area (Å²) < 4.78 is 49.1. The number of ether oxygens (including phenoxy) is 9. The Bertz CT molecular complexity index is 379. The Hall–Kier alpha value is -0.400. The average Bonchev–Trinajstić information content (AvgIpc) is 2.85. The molecule has 212 valence electrons. The van der Waals surface area contributed by atoms with Crippen molar-refractivity contribution in [1.29, 1.82) is 0 Å². The summed E-state index contributed by atoms with van der Waals surface area (Å²) in [5.41, 5.74) is 0. The van der Waals surface area contributed by atoms with Gasteiger partial charge in [-0.2, -0.15) is 0 Å². The SMILES string of the molecule is CCCCCOCCOCCOCCOCCOCCOCCOCCOCCOCCN(C)C. The molecule has 0 atom stereocenters. The number of likely N-dealkylation sites (N-methyl/N-ethyl adjacent to an activating group) is 1. The number of hydrogen-bond acceptors (Lipinski definition) is 10. The number of unbranched alkanes of at least 4 members (excludes halogenated alkanes) is 2. The fraction of sp³-hybridized carbons (Fsp3) is 1.00. The van der Waals surface area contributed by atoms with Crippen LogP contribution < -0.4 is 0 Å². The molecule has 0 N–H and O–H groups in total. The van der Waals surface area contributed by atoms with Crippen molar-refractivity contribution in [3.63, 3.8) is 0 Å². The minimum Gasteiger partial charge on any atom is -0.379 e. The van der Waals surface area contributed by atoms with Crippen LogP contribution in [-0.4, -0.2) is 144 Å². The van der Waals surface area contributed by atoms with Gasteiger partial charge in [0.05, 0.1) is 112 Å². The molecule has 0 spiro atoms. The molecule has 0 saturated carbocycles. The summed E-state index contributed by atoms with van der Waals surface area (Å²) in [5, 5.41) is 0. The quantitative estimate of drug-likeness (QED) is 0.129. The topological polar surface area (TPSA) is 86.3 Å². The predicted molar refractivity (Wildman–Crippen MR) is 135 cm³/mol. The van der Waals surface area contributed by atoms with Crippen molar-refractivity contribution in [3.8, 4) is 0 Å². The van der Waals surface area contributed by atoms with Crippen molar-refractivity contribution >= 4 is 0 Å². The van der Waals surface area contributed by atoms with Crippen LogP contribution in [0.5, 0.6) is 0 Å². The van der Waals surface area contributed by atoms with Crippen molar-refractivity contribution in [2.45, 2.75) is 26.2 Å². The Kier molecular flexibility index (Phi) is 31.3. The third kappa shape index (κ3) is 33.6. The Balaban J connectivity index is 3.01. The Morgan fingerprint density at radius 1 is 0.343 bits per heavy atom. The first-order chi connectivity index (χ1) is 17.3. The first-order valence-corrected chi connectivity index (χ1v) is 13.1. The van der Waals surface area contributed by atoms with E-state index < -0.39 is 0 Å². The maximum Gasteiger partial charge on any atom is 0.0701 e. The lowest BCUT2D eigenvalue weighted by Crippen LogP contribution is -2.19. The number of rotatable bonds is 31. The highest BCUT2D eigenvalue weighted by molar-refractivity contribution is 4.41. The molecule has 0 radical (unpaired) electrons. The lowest BCUT2D eigenvalue weighted by atomic mass is 10.3. The zero-order valence-corrected chi connectivity index (χ0v) is 22.7. The molecule has 10 nitrogen and oxygen atoms in total. The Morgan fingerprint density at radius 2 is 0.600 bits per heavy atom. The van der Waals surface area contributed by atoms with Crippen LogP contribution in [-0.2, 0) is 42.6 Å². The largest absolute Gasteiger partial charge is 0.379 e. The molecule has 0 heterocycles. The lowest BCUT2D eigenvalue weighted by Gasteiger charge is -2.10. The summed E-state index contributed by atoms with van der Waals surface area (Å²) >= 11 is 0. The molecule has 0 aromatic heterocycles. The highest BCUT2D eigenvalue weighted by Crippen LogP contribution is 1.94. The smallest absolute Gasteiger partial charge is 0.0701 e. The third-order valence-electron chi connectivity index (χ3n) is 4.55. The summed E-state index contributed by atoms with van der Waals surface area (Å²) in [4.78, 5) is 2.09. The zero-order chi connectivity index (χ0) is 25.5. The summed E-state index contributed by atoms with van der Waals surface area (Å²) in [7, 11) is 4.05. The third-order valence-corrected chi connectivity index (χ3v) is 4.55. The van der Waals surface area contributed by atoms with Gasteiger partial charge in [-0.15, -0.1) is 0 Å². The minimum absolute atomic E-state index is 0.538. The maximum atomic E-state index is 5.47. The van der Waals surface area contributed by atoms with Gasteiger partial charge in [0, 0.05) is 13.2 Å². The average molecular weight is 512 g/mol. The fourth-order valence-corrected chi connectivity index (χ4v) is 2.56.